The number of hydrogen-bond acceptors (Lipinski definition) is 3. The Balaban J connectivity index is 1.24. The maximum absolute atomic E-state index is 6.17. The zero-order valence-corrected chi connectivity index (χ0v) is 19.5. The molecule has 0 atom stereocenters. The van der Waals surface area contributed by atoms with Gasteiger partial charge in [-0.3, -0.25) is 0 Å². The largest absolute Gasteiger partial charge is 0.456 e. The van der Waals surface area contributed by atoms with Crippen LogP contribution in [0.25, 0.3) is 63.7 Å². The second-order valence-corrected chi connectivity index (χ2v) is 10.2. The van der Waals surface area contributed by atoms with Crippen molar-refractivity contribution in [2.24, 2.45) is 0 Å². The van der Waals surface area contributed by atoms with Crippen molar-refractivity contribution >= 4 is 86.4 Å². The Hall–Kier alpha value is -4.34. The van der Waals surface area contributed by atoms with Gasteiger partial charge in [-0.15, -0.1) is 11.3 Å². The topological polar surface area (TPSA) is 25.2 Å². The van der Waals surface area contributed by atoms with Crippen LogP contribution in [0.1, 0.15) is 0 Å². The first kappa shape index (κ1) is 19.0. The average Bonchev–Trinajstić information content (AvgIpc) is 3.42. The van der Waals surface area contributed by atoms with Gasteiger partial charge in [-0.2, -0.15) is 0 Å². The fourth-order valence-electron chi connectivity index (χ4n) is 5.25. The molecule has 2 aromatic heterocycles. The van der Waals surface area contributed by atoms with Gasteiger partial charge in [-0.05, 0) is 82.2 Å². The Morgan fingerprint density at radius 3 is 1.80 bits per heavy atom. The molecule has 3 heteroatoms. The number of thiophene rings is 1. The lowest BCUT2D eigenvalue weighted by atomic mass is 10.1. The summed E-state index contributed by atoms with van der Waals surface area (Å²) >= 11 is 1.86. The normalized spacial score (nSPS) is 12.0. The minimum atomic E-state index is 0.909. The van der Waals surface area contributed by atoms with Gasteiger partial charge in [0.2, 0.25) is 0 Å². The average molecular weight is 466 g/mol. The molecule has 0 amide bonds. The minimum absolute atomic E-state index is 0.909. The van der Waals surface area contributed by atoms with Crippen LogP contribution in [0.2, 0.25) is 0 Å². The molecule has 2 nitrogen and oxygen atoms in total. The fourth-order valence-corrected chi connectivity index (χ4v) is 6.36. The Bertz CT molecular complexity index is 1950. The lowest BCUT2D eigenvalue weighted by Crippen LogP contribution is -1.89. The molecular formula is C32H19NOS. The summed E-state index contributed by atoms with van der Waals surface area (Å²) in [6, 6.07) is 39.0. The van der Waals surface area contributed by atoms with E-state index in [1.807, 2.05) is 11.3 Å². The van der Waals surface area contributed by atoms with E-state index in [1.54, 1.807) is 0 Å². The summed E-state index contributed by atoms with van der Waals surface area (Å²) in [5.74, 6) is 0. The molecule has 164 valence electrons. The second kappa shape index (κ2) is 7.08. The van der Waals surface area contributed by atoms with Gasteiger partial charge in [0, 0.05) is 42.3 Å². The molecule has 0 saturated heterocycles. The molecule has 0 spiro atoms. The van der Waals surface area contributed by atoms with E-state index in [9.17, 15) is 0 Å². The first-order valence-corrected chi connectivity index (χ1v) is 12.6. The molecule has 0 radical (unpaired) electrons. The third kappa shape index (κ3) is 2.95. The number of nitrogens with one attached hydrogen (secondary N) is 1. The smallest absolute Gasteiger partial charge is 0.136 e. The summed E-state index contributed by atoms with van der Waals surface area (Å²) in [6.07, 6.45) is 0. The van der Waals surface area contributed by atoms with E-state index in [4.69, 9.17) is 4.42 Å². The van der Waals surface area contributed by atoms with Crippen molar-refractivity contribution in [3.8, 4) is 0 Å². The summed E-state index contributed by atoms with van der Waals surface area (Å²) < 4.78 is 8.81. The molecule has 0 aliphatic carbocycles. The van der Waals surface area contributed by atoms with Crippen molar-refractivity contribution < 1.29 is 4.42 Å². The zero-order valence-electron chi connectivity index (χ0n) is 18.7. The highest BCUT2D eigenvalue weighted by molar-refractivity contribution is 7.25. The molecule has 1 N–H and O–H groups in total. The number of anilines is 2. The highest BCUT2D eigenvalue weighted by Crippen LogP contribution is 2.39. The molecule has 0 fully saturated rings. The monoisotopic (exact) mass is 465 g/mol. The van der Waals surface area contributed by atoms with Gasteiger partial charge in [0.25, 0.3) is 0 Å². The number of benzene rings is 6. The highest BCUT2D eigenvalue weighted by Gasteiger charge is 2.11. The van der Waals surface area contributed by atoms with Gasteiger partial charge in [-0.1, -0.05) is 48.5 Å². The summed E-state index contributed by atoms with van der Waals surface area (Å²) in [6.45, 7) is 0. The predicted octanol–water partition coefficient (Wildman–Crippen LogP) is 10.0. The van der Waals surface area contributed by atoms with E-state index in [-0.39, 0.29) is 0 Å². The van der Waals surface area contributed by atoms with Crippen LogP contribution in [0.3, 0.4) is 0 Å². The predicted molar refractivity (Wildman–Crippen MR) is 151 cm³/mol. The van der Waals surface area contributed by atoms with Gasteiger partial charge in [0.05, 0.1) is 0 Å². The van der Waals surface area contributed by atoms with E-state index in [0.717, 1.165) is 33.3 Å². The Morgan fingerprint density at radius 2 is 1.03 bits per heavy atom. The van der Waals surface area contributed by atoms with Gasteiger partial charge in [0.1, 0.15) is 11.2 Å². The number of furan rings is 1. The lowest BCUT2D eigenvalue weighted by Gasteiger charge is -2.07. The van der Waals surface area contributed by atoms with Crippen molar-refractivity contribution in [3.63, 3.8) is 0 Å². The maximum atomic E-state index is 6.17. The Morgan fingerprint density at radius 1 is 0.457 bits per heavy atom. The highest BCUT2D eigenvalue weighted by atomic mass is 32.1. The summed E-state index contributed by atoms with van der Waals surface area (Å²) in [5, 5.41) is 13.5. The van der Waals surface area contributed by atoms with Crippen LogP contribution in [-0.2, 0) is 0 Å². The number of rotatable bonds is 2. The molecule has 2 heterocycles. The summed E-state index contributed by atoms with van der Waals surface area (Å²) in [4.78, 5) is 0. The molecule has 35 heavy (non-hydrogen) atoms. The van der Waals surface area contributed by atoms with E-state index in [0.29, 0.717) is 0 Å². The number of hydrogen-bond donors (Lipinski definition) is 1. The number of fused-ring (bicyclic) bond motifs is 8. The van der Waals surface area contributed by atoms with E-state index in [2.05, 4.69) is 115 Å². The third-order valence-electron chi connectivity index (χ3n) is 6.96. The van der Waals surface area contributed by atoms with Crippen molar-refractivity contribution in [1.82, 2.24) is 0 Å². The van der Waals surface area contributed by atoms with Crippen molar-refractivity contribution in [2.45, 2.75) is 0 Å². The van der Waals surface area contributed by atoms with Crippen LogP contribution in [0.4, 0.5) is 11.4 Å². The van der Waals surface area contributed by atoms with Crippen LogP contribution < -0.4 is 5.32 Å². The van der Waals surface area contributed by atoms with Crippen LogP contribution >= 0.6 is 11.3 Å². The van der Waals surface area contributed by atoms with Crippen molar-refractivity contribution in [1.29, 1.82) is 0 Å². The first-order valence-electron chi connectivity index (χ1n) is 11.8. The molecule has 8 aromatic rings. The molecule has 0 bridgehead atoms. The first-order chi connectivity index (χ1) is 17.3. The van der Waals surface area contributed by atoms with Crippen molar-refractivity contribution in [3.05, 3.63) is 109 Å². The lowest BCUT2D eigenvalue weighted by molar-refractivity contribution is 0.669. The molecule has 6 aromatic carbocycles. The van der Waals surface area contributed by atoms with Gasteiger partial charge in [0.15, 0.2) is 0 Å². The SMILES string of the molecule is c1ccc2cc3c(cc2c1)oc1ccc(Nc2ccc4sc5cc6ccccc6cc5c4c2)cc13. The van der Waals surface area contributed by atoms with Crippen LogP contribution in [0.15, 0.2) is 114 Å². The summed E-state index contributed by atoms with van der Waals surface area (Å²) in [5.41, 5.74) is 3.97. The van der Waals surface area contributed by atoms with E-state index < -0.39 is 0 Å². The van der Waals surface area contributed by atoms with Crippen molar-refractivity contribution in [2.75, 3.05) is 5.32 Å². The van der Waals surface area contributed by atoms with Crippen LogP contribution in [-0.4, -0.2) is 0 Å². The van der Waals surface area contributed by atoms with E-state index in [1.165, 1.54) is 41.7 Å². The van der Waals surface area contributed by atoms with Crippen LogP contribution in [0.5, 0.6) is 0 Å². The molecule has 0 saturated carbocycles. The second-order valence-electron chi connectivity index (χ2n) is 9.14. The molecule has 0 unspecified atom stereocenters. The van der Waals surface area contributed by atoms with Gasteiger partial charge < -0.3 is 9.73 Å². The standard InChI is InChI=1S/C32H19NOS/c1-3-7-21-15-30-25(13-19(21)5-1)26-17-23(9-11-29(26)34-30)33-24-10-12-31-28(18-24)27-14-20-6-2-4-8-22(20)16-32(27)35-31/h1-18,33H. The molecule has 0 aliphatic rings. The van der Waals surface area contributed by atoms with E-state index >= 15 is 0 Å². The molecule has 0 aliphatic heterocycles. The zero-order chi connectivity index (χ0) is 22.9. The maximum Gasteiger partial charge on any atom is 0.136 e. The Kier molecular flexibility index (Phi) is 3.85. The quantitative estimate of drug-likeness (QED) is 0.275. The summed E-state index contributed by atoms with van der Waals surface area (Å²) in [7, 11) is 0. The Labute approximate surface area is 205 Å². The van der Waals surface area contributed by atoms with Gasteiger partial charge >= 0.3 is 0 Å². The van der Waals surface area contributed by atoms with Gasteiger partial charge in [-0.25, -0.2) is 0 Å². The third-order valence-corrected chi connectivity index (χ3v) is 8.10. The fraction of sp³-hybridized carbons (Fsp3) is 0. The van der Waals surface area contributed by atoms with Crippen LogP contribution in [0, 0.1) is 0 Å². The molecular weight excluding hydrogens is 446 g/mol. The minimum Gasteiger partial charge on any atom is -0.456 e. The molecule has 8 rings (SSSR count).